The van der Waals surface area contributed by atoms with Gasteiger partial charge in [0.2, 0.25) is 0 Å². The van der Waals surface area contributed by atoms with Crippen LogP contribution in [0.3, 0.4) is 0 Å². The standard InChI is InChI=1S/C25H34N6O2/c1-3-30(13-17(2)32)19-10-9-18-6-4-8-22(21(18)12-19)33-14-20-7-5-11-31(20)25-23-24(27-15-26-23)28-16-29-25/h4,6,8,15-17,19-20,32H,3,5,7,9-14H2,1-2H3,(H,26,27,28,29). The van der Waals surface area contributed by atoms with Gasteiger partial charge >= 0.3 is 0 Å². The van der Waals surface area contributed by atoms with Crippen LogP contribution in [0.5, 0.6) is 5.75 Å². The molecule has 1 aromatic carbocycles. The van der Waals surface area contributed by atoms with Crippen molar-refractivity contribution in [2.45, 2.75) is 64.1 Å². The number of nitrogens with zero attached hydrogens (tertiary/aromatic N) is 5. The number of benzene rings is 1. The molecule has 1 aliphatic carbocycles. The van der Waals surface area contributed by atoms with Crippen molar-refractivity contribution < 1.29 is 9.84 Å². The van der Waals surface area contributed by atoms with Crippen LogP contribution in [0.1, 0.15) is 44.2 Å². The Kier molecular flexibility index (Phi) is 6.46. The molecule has 3 aromatic rings. The first kappa shape index (κ1) is 22.1. The lowest BCUT2D eigenvalue weighted by atomic mass is 9.86. The van der Waals surface area contributed by atoms with E-state index in [-0.39, 0.29) is 12.1 Å². The fraction of sp³-hybridized carbons (Fsp3) is 0.560. The molecular weight excluding hydrogens is 416 g/mol. The number of anilines is 1. The number of H-pyrrole nitrogens is 1. The van der Waals surface area contributed by atoms with Crippen molar-refractivity contribution in [1.82, 2.24) is 24.8 Å². The number of imidazole rings is 1. The monoisotopic (exact) mass is 450 g/mol. The highest BCUT2D eigenvalue weighted by atomic mass is 16.5. The van der Waals surface area contributed by atoms with E-state index in [9.17, 15) is 5.11 Å². The smallest absolute Gasteiger partial charge is 0.182 e. The van der Waals surface area contributed by atoms with Crippen molar-refractivity contribution in [3.63, 3.8) is 0 Å². The number of likely N-dealkylation sites (N-methyl/N-ethyl adjacent to an activating group) is 1. The van der Waals surface area contributed by atoms with Gasteiger partial charge in [0.15, 0.2) is 11.5 Å². The number of aliphatic hydroxyl groups excluding tert-OH is 1. The number of rotatable bonds is 8. The highest BCUT2D eigenvalue weighted by Gasteiger charge is 2.30. The fourth-order valence-corrected chi connectivity index (χ4v) is 5.50. The van der Waals surface area contributed by atoms with Gasteiger partial charge in [-0.05, 0) is 62.8 Å². The lowest BCUT2D eigenvalue weighted by Gasteiger charge is -2.36. The van der Waals surface area contributed by atoms with Crippen LogP contribution in [0.2, 0.25) is 0 Å². The van der Waals surface area contributed by atoms with E-state index in [2.05, 4.69) is 54.9 Å². The second kappa shape index (κ2) is 9.65. The maximum absolute atomic E-state index is 9.92. The molecule has 1 fully saturated rings. The minimum absolute atomic E-state index is 0.268. The first-order valence-corrected chi connectivity index (χ1v) is 12.2. The minimum Gasteiger partial charge on any atom is -0.491 e. The maximum Gasteiger partial charge on any atom is 0.182 e. The summed E-state index contributed by atoms with van der Waals surface area (Å²) in [6.45, 7) is 7.31. The molecule has 2 aromatic heterocycles. The normalized spacial score (nSPS) is 21.5. The summed E-state index contributed by atoms with van der Waals surface area (Å²) in [6.07, 6.45) is 8.31. The van der Waals surface area contributed by atoms with Crippen LogP contribution < -0.4 is 9.64 Å². The first-order valence-electron chi connectivity index (χ1n) is 12.2. The average molecular weight is 451 g/mol. The van der Waals surface area contributed by atoms with E-state index in [1.807, 2.05) is 6.92 Å². The largest absolute Gasteiger partial charge is 0.491 e. The van der Waals surface area contributed by atoms with Gasteiger partial charge in [-0.2, -0.15) is 0 Å². The zero-order chi connectivity index (χ0) is 22.8. The quantitative estimate of drug-likeness (QED) is 0.545. The zero-order valence-electron chi connectivity index (χ0n) is 19.6. The number of aromatic nitrogens is 4. The summed E-state index contributed by atoms with van der Waals surface area (Å²) in [4.78, 5) is 21.0. The second-order valence-corrected chi connectivity index (χ2v) is 9.33. The lowest BCUT2D eigenvalue weighted by molar-refractivity contribution is 0.0956. The molecule has 8 nitrogen and oxygen atoms in total. The molecule has 1 aliphatic heterocycles. The van der Waals surface area contributed by atoms with Gasteiger partial charge in [0.1, 0.15) is 24.2 Å². The molecule has 33 heavy (non-hydrogen) atoms. The molecule has 3 heterocycles. The molecular formula is C25H34N6O2. The molecule has 0 saturated carbocycles. The van der Waals surface area contributed by atoms with Gasteiger partial charge in [-0.3, -0.25) is 4.90 Å². The van der Waals surface area contributed by atoms with Gasteiger partial charge in [-0.25, -0.2) is 15.0 Å². The number of ether oxygens (including phenoxy) is 1. The summed E-state index contributed by atoms with van der Waals surface area (Å²) < 4.78 is 6.50. The Bertz CT molecular complexity index is 1080. The van der Waals surface area contributed by atoms with Crippen LogP contribution in [-0.2, 0) is 12.8 Å². The number of nitrogens with one attached hydrogen (secondary N) is 1. The van der Waals surface area contributed by atoms with Gasteiger partial charge in [0.05, 0.1) is 18.5 Å². The van der Waals surface area contributed by atoms with Crippen molar-refractivity contribution in [2.75, 3.05) is 31.1 Å². The number of aromatic amines is 1. The number of hydrogen-bond acceptors (Lipinski definition) is 7. The zero-order valence-corrected chi connectivity index (χ0v) is 19.6. The molecule has 5 rings (SSSR count). The number of fused-ring (bicyclic) bond motifs is 2. The Hall–Kier alpha value is -2.71. The van der Waals surface area contributed by atoms with E-state index in [0.29, 0.717) is 18.3 Å². The van der Waals surface area contributed by atoms with Gasteiger partial charge < -0.3 is 19.7 Å². The molecule has 8 heteroatoms. The topological polar surface area (TPSA) is 90.4 Å². The summed E-state index contributed by atoms with van der Waals surface area (Å²) in [6, 6.07) is 7.18. The maximum atomic E-state index is 9.92. The van der Waals surface area contributed by atoms with Gasteiger partial charge in [0.25, 0.3) is 0 Å². The van der Waals surface area contributed by atoms with Crippen LogP contribution in [0.4, 0.5) is 5.82 Å². The van der Waals surface area contributed by atoms with Gasteiger partial charge in [-0.15, -0.1) is 0 Å². The Balaban J connectivity index is 1.31. The molecule has 1 saturated heterocycles. The Labute approximate surface area is 195 Å². The third-order valence-corrected chi connectivity index (χ3v) is 7.12. The summed E-state index contributed by atoms with van der Waals surface area (Å²) in [5.74, 6) is 1.92. The van der Waals surface area contributed by atoms with Crippen LogP contribution >= 0.6 is 0 Å². The van der Waals surface area contributed by atoms with Crippen LogP contribution in [0.25, 0.3) is 11.2 Å². The first-order chi connectivity index (χ1) is 16.1. The van der Waals surface area contributed by atoms with E-state index in [1.54, 1.807) is 12.7 Å². The average Bonchev–Trinajstić information content (AvgIpc) is 3.50. The van der Waals surface area contributed by atoms with Crippen LogP contribution in [0.15, 0.2) is 30.9 Å². The van der Waals surface area contributed by atoms with Crippen molar-refractivity contribution in [3.05, 3.63) is 42.0 Å². The fourth-order valence-electron chi connectivity index (χ4n) is 5.50. The highest BCUT2D eigenvalue weighted by molar-refractivity contribution is 5.83. The molecule has 3 atom stereocenters. The molecule has 0 bridgehead atoms. The van der Waals surface area contributed by atoms with Crippen LogP contribution in [0, 0.1) is 0 Å². The third-order valence-electron chi connectivity index (χ3n) is 7.12. The number of aryl methyl sites for hydroxylation is 1. The van der Waals surface area contributed by atoms with Crippen molar-refractivity contribution in [1.29, 1.82) is 0 Å². The van der Waals surface area contributed by atoms with E-state index in [0.717, 1.165) is 68.8 Å². The van der Waals surface area contributed by atoms with Crippen molar-refractivity contribution >= 4 is 17.0 Å². The second-order valence-electron chi connectivity index (χ2n) is 9.33. The summed E-state index contributed by atoms with van der Waals surface area (Å²) in [5, 5.41) is 9.92. The van der Waals surface area contributed by atoms with E-state index in [4.69, 9.17) is 4.74 Å². The summed E-state index contributed by atoms with van der Waals surface area (Å²) in [7, 11) is 0. The molecule has 176 valence electrons. The van der Waals surface area contributed by atoms with Crippen molar-refractivity contribution in [3.8, 4) is 5.75 Å². The predicted octanol–water partition coefficient (Wildman–Crippen LogP) is 2.96. The van der Waals surface area contributed by atoms with Crippen LogP contribution in [-0.4, -0.2) is 74.4 Å². The molecule has 2 N–H and O–H groups in total. The van der Waals surface area contributed by atoms with E-state index < -0.39 is 0 Å². The number of aliphatic hydroxyl groups is 1. The molecule has 0 spiro atoms. The molecule has 0 radical (unpaired) electrons. The van der Waals surface area contributed by atoms with Gasteiger partial charge in [0, 0.05) is 19.1 Å². The Morgan fingerprint density at radius 2 is 2.18 bits per heavy atom. The highest BCUT2D eigenvalue weighted by Crippen LogP contribution is 2.33. The van der Waals surface area contributed by atoms with E-state index in [1.165, 1.54) is 11.1 Å². The molecule has 0 amide bonds. The third kappa shape index (κ3) is 4.54. The minimum atomic E-state index is -0.311. The Morgan fingerprint density at radius 3 is 3.03 bits per heavy atom. The SMILES string of the molecule is CCN(CC(C)O)C1CCc2cccc(OCC3CCCN3c3ncnc4nc[nH]c34)c2C1. The summed E-state index contributed by atoms with van der Waals surface area (Å²) >= 11 is 0. The summed E-state index contributed by atoms with van der Waals surface area (Å²) in [5.41, 5.74) is 4.32. The number of hydrogen-bond donors (Lipinski definition) is 2. The predicted molar refractivity (Wildman–Crippen MR) is 129 cm³/mol. The van der Waals surface area contributed by atoms with Gasteiger partial charge in [-0.1, -0.05) is 19.1 Å². The molecule has 2 aliphatic rings. The van der Waals surface area contributed by atoms with E-state index >= 15 is 0 Å². The lowest BCUT2D eigenvalue weighted by Crippen LogP contribution is -2.43. The van der Waals surface area contributed by atoms with Crippen molar-refractivity contribution in [2.24, 2.45) is 0 Å². The Morgan fingerprint density at radius 1 is 1.27 bits per heavy atom. The molecule has 3 unspecified atom stereocenters.